The summed E-state index contributed by atoms with van der Waals surface area (Å²) < 4.78 is 5.17. The molecule has 0 aliphatic rings. The Morgan fingerprint density at radius 3 is 2.73 bits per heavy atom. The Kier molecular flexibility index (Phi) is 4.76. The highest BCUT2D eigenvalue weighted by atomic mass is 16.5. The van der Waals surface area contributed by atoms with Crippen LogP contribution in [0.1, 0.15) is 17.5 Å². The van der Waals surface area contributed by atoms with Crippen molar-refractivity contribution in [3.63, 3.8) is 0 Å². The Labute approximate surface area is 131 Å². The third-order valence-corrected chi connectivity index (χ3v) is 3.98. The molecular weight excluding hydrogens is 272 g/mol. The molecule has 3 heteroatoms. The molecule has 22 heavy (non-hydrogen) atoms. The number of nitrogens with one attached hydrogen (secondary N) is 2. The van der Waals surface area contributed by atoms with E-state index in [-0.39, 0.29) is 0 Å². The van der Waals surface area contributed by atoms with Gasteiger partial charge in [-0.3, -0.25) is 0 Å². The van der Waals surface area contributed by atoms with Crippen molar-refractivity contribution in [1.29, 1.82) is 0 Å². The summed E-state index contributed by atoms with van der Waals surface area (Å²) in [5.41, 5.74) is 3.91. The minimum atomic E-state index is 0.914. The number of H-pyrrole nitrogens is 1. The van der Waals surface area contributed by atoms with Crippen LogP contribution in [0.15, 0.2) is 54.7 Å². The molecule has 0 atom stereocenters. The minimum absolute atomic E-state index is 0.914. The molecule has 3 nitrogen and oxygen atoms in total. The molecule has 2 N–H and O–H groups in total. The second-order valence-electron chi connectivity index (χ2n) is 5.48. The van der Waals surface area contributed by atoms with E-state index >= 15 is 0 Å². The van der Waals surface area contributed by atoms with Crippen molar-refractivity contribution in [2.45, 2.75) is 19.4 Å². The Morgan fingerprint density at radius 2 is 1.91 bits per heavy atom. The van der Waals surface area contributed by atoms with Crippen LogP contribution in [-0.4, -0.2) is 18.6 Å². The monoisotopic (exact) mass is 294 g/mol. The number of benzene rings is 2. The summed E-state index contributed by atoms with van der Waals surface area (Å²) in [6, 6.07) is 16.9. The number of rotatable bonds is 7. The summed E-state index contributed by atoms with van der Waals surface area (Å²) >= 11 is 0. The summed E-state index contributed by atoms with van der Waals surface area (Å²) in [5, 5.41) is 4.85. The van der Waals surface area contributed by atoms with Crippen molar-refractivity contribution in [2.75, 3.05) is 13.7 Å². The molecule has 1 heterocycles. The van der Waals surface area contributed by atoms with Gasteiger partial charge in [-0.05, 0) is 54.8 Å². The highest BCUT2D eigenvalue weighted by Crippen LogP contribution is 2.17. The van der Waals surface area contributed by atoms with E-state index in [1.54, 1.807) is 7.11 Å². The van der Waals surface area contributed by atoms with E-state index in [1.807, 2.05) is 18.3 Å². The van der Waals surface area contributed by atoms with Crippen molar-refractivity contribution in [2.24, 2.45) is 0 Å². The van der Waals surface area contributed by atoms with Gasteiger partial charge < -0.3 is 15.0 Å². The van der Waals surface area contributed by atoms with Crippen LogP contribution in [0.4, 0.5) is 0 Å². The van der Waals surface area contributed by atoms with Crippen LogP contribution in [0.2, 0.25) is 0 Å². The van der Waals surface area contributed by atoms with Gasteiger partial charge >= 0.3 is 0 Å². The molecule has 0 aliphatic carbocycles. The molecule has 114 valence electrons. The summed E-state index contributed by atoms with van der Waals surface area (Å²) in [5.74, 6) is 0.918. The highest BCUT2D eigenvalue weighted by molar-refractivity contribution is 5.82. The van der Waals surface area contributed by atoms with Crippen molar-refractivity contribution < 1.29 is 4.74 Å². The van der Waals surface area contributed by atoms with Crippen LogP contribution in [0.3, 0.4) is 0 Å². The topological polar surface area (TPSA) is 37.0 Å². The Hall–Kier alpha value is -2.26. The number of aryl methyl sites for hydroxylation is 1. The molecule has 0 radical (unpaired) electrons. The van der Waals surface area contributed by atoms with Crippen LogP contribution in [0, 0.1) is 0 Å². The summed E-state index contributed by atoms with van der Waals surface area (Å²) in [6.07, 6.45) is 4.22. The van der Waals surface area contributed by atoms with Crippen molar-refractivity contribution in [3.05, 3.63) is 65.9 Å². The summed E-state index contributed by atoms with van der Waals surface area (Å²) in [7, 11) is 1.70. The van der Waals surface area contributed by atoms with Gasteiger partial charge in [0.2, 0.25) is 0 Å². The number of aromatic nitrogens is 1. The first kappa shape index (κ1) is 14.7. The lowest BCUT2D eigenvalue weighted by atomic mass is 10.1. The summed E-state index contributed by atoms with van der Waals surface area (Å²) in [6.45, 7) is 1.94. The molecule has 2 aromatic carbocycles. The Bertz CT molecular complexity index is 716. The van der Waals surface area contributed by atoms with Crippen molar-refractivity contribution >= 4 is 10.9 Å². The number of hydrogen-bond donors (Lipinski definition) is 2. The first-order valence-corrected chi connectivity index (χ1v) is 7.75. The second kappa shape index (κ2) is 7.14. The average Bonchev–Trinajstić information content (AvgIpc) is 3.04. The van der Waals surface area contributed by atoms with Crippen LogP contribution >= 0.6 is 0 Å². The maximum Gasteiger partial charge on any atom is 0.118 e. The fraction of sp³-hybridized carbons (Fsp3) is 0.263. The lowest BCUT2D eigenvalue weighted by Crippen LogP contribution is -2.15. The second-order valence-corrected chi connectivity index (χ2v) is 5.48. The normalized spacial score (nSPS) is 11.0. The fourth-order valence-electron chi connectivity index (χ4n) is 2.74. The van der Waals surface area contributed by atoms with E-state index in [0.717, 1.165) is 31.7 Å². The molecule has 0 amide bonds. The molecule has 3 aromatic rings. The predicted octanol–water partition coefficient (Wildman–Crippen LogP) is 3.90. The van der Waals surface area contributed by atoms with Crippen LogP contribution < -0.4 is 10.1 Å². The minimum Gasteiger partial charge on any atom is -0.497 e. The zero-order valence-corrected chi connectivity index (χ0v) is 12.9. The number of aromatic amines is 1. The molecule has 3 rings (SSSR count). The number of ether oxygens (including phenoxy) is 1. The van der Waals surface area contributed by atoms with Gasteiger partial charge in [-0.1, -0.05) is 24.3 Å². The van der Waals surface area contributed by atoms with Gasteiger partial charge in [0.15, 0.2) is 0 Å². The zero-order valence-electron chi connectivity index (χ0n) is 12.9. The SMILES string of the molecule is COc1ccc(CCCNCc2cccc3[nH]ccc23)cc1. The van der Waals surface area contributed by atoms with Gasteiger partial charge in [0, 0.05) is 23.6 Å². The fourth-order valence-corrected chi connectivity index (χ4v) is 2.74. The largest absolute Gasteiger partial charge is 0.497 e. The van der Waals surface area contributed by atoms with Crippen molar-refractivity contribution in [1.82, 2.24) is 10.3 Å². The highest BCUT2D eigenvalue weighted by Gasteiger charge is 2.01. The molecule has 0 saturated carbocycles. The van der Waals surface area contributed by atoms with Gasteiger partial charge in [0.25, 0.3) is 0 Å². The quantitative estimate of drug-likeness (QED) is 0.648. The van der Waals surface area contributed by atoms with Gasteiger partial charge in [0.1, 0.15) is 5.75 Å². The van der Waals surface area contributed by atoms with Crippen LogP contribution in [-0.2, 0) is 13.0 Å². The van der Waals surface area contributed by atoms with Gasteiger partial charge in [-0.15, -0.1) is 0 Å². The molecule has 0 aliphatic heterocycles. The molecule has 1 aromatic heterocycles. The smallest absolute Gasteiger partial charge is 0.118 e. The first-order valence-electron chi connectivity index (χ1n) is 7.75. The molecular formula is C19H22N2O. The van der Waals surface area contributed by atoms with Crippen LogP contribution in [0.5, 0.6) is 5.75 Å². The van der Waals surface area contributed by atoms with E-state index in [9.17, 15) is 0 Å². The predicted molar refractivity (Wildman–Crippen MR) is 91.3 cm³/mol. The number of methoxy groups -OCH3 is 1. The third kappa shape index (κ3) is 3.49. The van der Waals surface area contributed by atoms with E-state index in [1.165, 1.54) is 22.0 Å². The average molecular weight is 294 g/mol. The van der Waals surface area contributed by atoms with Crippen LogP contribution in [0.25, 0.3) is 10.9 Å². The molecule has 0 unspecified atom stereocenters. The number of hydrogen-bond acceptors (Lipinski definition) is 2. The van der Waals surface area contributed by atoms with Gasteiger partial charge in [-0.25, -0.2) is 0 Å². The van der Waals surface area contributed by atoms with Crippen molar-refractivity contribution in [3.8, 4) is 5.75 Å². The molecule has 0 saturated heterocycles. The third-order valence-electron chi connectivity index (χ3n) is 3.98. The van der Waals surface area contributed by atoms with Gasteiger partial charge in [-0.2, -0.15) is 0 Å². The molecule has 0 spiro atoms. The maximum absolute atomic E-state index is 5.17. The molecule has 0 bridgehead atoms. The van der Waals surface area contributed by atoms with E-state index < -0.39 is 0 Å². The van der Waals surface area contributed by atoms with E-state index in [4.69, 9.17) is 4.74 Å². The first-order chi connectivity index (χ1) is 10.9. The lowest BCUT2D eigenvalue weighted by molar-refractivity contribution is 0.414. The lowest BCUT2D eigenvalue weighted by Gasteiger charge is -2.07. The molecule has 0 fully saturated rings. The summed E-state index contributed by atoms with van der Waals surface area (Å²) in [4.78, 5) is 3.25. The van der Waals surface area contributed by atoms with E-state index in [0.29, 0.717) is 0 Å². The standard InChI is InChI=1S/C19H22N2O/c1-22-17-9-7-15(8-10-17)4-3-12-20-14-16-5-2-6-19-18(16)11-13-21-19/h2,5-11,13,20-21H,3-4,12,14H2,1H3. The Balaban J connectivity index is 1.44. The van der Waals surface area contributed by atoms with E-state index in [2.05, 4.69) is 46.7 Å². The maximum atomic E-state index is 5.17. The van der Waals surface area contributed by atoms with Gasteiger partial charge in [0.05, 0.1) is 7.11 Å². The Morgan fingerprint density at radius 1 is 1.05 bits per heavy atom. The number of fused-ring (bicyclic) bond motifs is 1. The zero-order chi connectivity index (χ0) is 15.2.